The van der Waals surface area contributed by atoms with E-state index in [-0.39, 0.29) is 28.9 Å². The predicted molar refractivity (Wildman–Crippen MR) is 129 cm³/mol. The number of anilines is 1. The van der Waals surface area contributed by atoms with Crippen LogP contribution in [-0.2, 0) is 26.0 Å². The fraction of sp³-hybridized carbons (Fsp3) is 0.360. The number of nitrogens with one attached hydrogen (secondary N) is 1. The molecular weight excluding hydrogens is 468 g/mol. The first-order chi connectivity index (χ1) is 16.8. The zero-order valence-electron chi connectivity index (χ0n) is 19.5. The van der Waals surface area contributed by atoms with Crippen molar-refractivity contribution in [3.8, 4) is 0 Å². The number of hydrogen-bond donors (Lipinski definition) is 1. The molecule has 0 radical (unpaired) electrons. The first-order valence-corrected chi connectivity index (χ1v) is 13.4. The fourth-order valence-corrected chi connectivity index (χ4v) is 4.76. The second-order valence-electron chi connectivity index (χ2n) is 8.82. The highest BCUT2D eigenvalue weighted by Crippen LogP contribution is 2.32. The third-order valence-corrected chi connectivity index (χ3v) is 7.09. The van der Waals surface area contributed by atoms with E-state index in [9.17, 15) is 18.0 Å². The van der Waals surface area contributed by atoms with Gasteiger partial charge in [-0.15, -0.1) is 0 Å². The zero-order valence-corrected chi connectivity index (χ0v) is 20.3. The largest absolute Gasteiger partial charge is 0.457 e. The van der Waals surface area contributed by atoms with Crippen LogP contribution in [0.4, 0.5) is 5.82 Å². The Morgan fingerprint density at radius 1 is 1.11 bits per heavy atom. The Kier molecular flexibility index (Phi) is 7.60. The van der Waals surface area contributed by atoms with Crippen molar-refractivity contribution in [2.24, 2.45) is 5.92 Å². The van der Waals surface area contributed by atoms with Crippen molar-refractivity contribution in [3.05, 3.63) is 72.3 Å². The summed E-state index contributed by atoms with van der Waals surface area (Å²) in [5.41, 5.74) is 1.15. The molecule has 0 saturated heterocycles. The second-order valence-corrected chi connectivity index (χ2v) is 10.8. The van der Waals surface area contributed by atoms with Gasteiger partial charge in [-0.2, -0.15) is 0 Å². The Morgan fingerprint density at radius 2 is 1.86 bits per heavy atom. The molecule has 1 aliphatic carbocycles. The highest BCUT2D eigenvalue weighted by molar-refractivity contribution is 7.90. The van der Waals surface area contributed by atoms with Gasteiger partial charge < -0.3 is 14.6 Å². The lowest BCUT2D eigenvalue weighted by Gasteiger charge is -2.21. The van der Waals surface area contributed by atoms with Crippen molar-refractivity contribution < 1.29 is 22.7 Å². The minimum atomic E-state index is -3.48. The van der Waals surface area contributed by atoms with Crippen LogP contribution >= 0.6 is 0 Å². The van der Waals surface area contributed by atoms with E-state index >= 15 is 0 Å². The molecule has 2 heterocycles. The number of imidazole rings is 1. The molecule has 1 aromatic carbocycles. The van der Waals surface area contributed by atoms with Gasteiger partial charge in [0.05, 0.1) is 11.9 Å². The minimum absolute atomic E-state index is 0.0711. The van der Waals surface area contributed by atoms with Crippen LogP contribution in [0.1, 0.15) is 54.1 Å². The van der Waals surface area contributed by atoms with E-state index in [1.165, 1.54) is 18.7 Å². The summed E-state index contributed by atoms with van der Waals surface area (Å²) in [6.07, 6.45) is 10.1. The Hall–Kier alpha value is -3.53. The lowest BCUT2D eigenvalue weighted by atomic mass is 9.97. The fourth-order valence-electron chi connectivity index (χ4n) is 4.21. The van der Waals surface area contributed by atoms with Crippen molar-refractivity contribution in [1.29, 1.82) is 0 Å². The minimum Gasteiger partial charge on any atom is -0.457 e. The van der Waals surface area contributed by atoms with Crippen LogP contribution in [0.15, 0.2) is 66.2 Å². The molecule has 1 amide bonds. The lowest BCUT2D eigenvalue weighted by molar-refractivity contribution is -0.119. The molecule has 0 spiro atoms. The van der Waals surface area contributed by atoms with E-state index in [1.807, 2.05) is 30.3 Å². The molecule has 3 aromatic rings. The third kappa shape index (κ3) is 6.54. The normalized spacial score (nSPS) is 15.0. The van der Waals surface area contributed by atoms with Gasteiger partial charge in [-0.3, -0.25) is 4.79 Å². The van der Waals surface area contributed by atoms with Gasteiger partial charge in [0, 0.05) is 18.6 Å². The molecule has 1 aliphatic rings. The van der Waals surface area contributed by atoms with Gasteiger partial charge in [-0.05, 0) is 30.0 Å². The SMILES string of the molecule is CS(=O)(=O)c1cn(C(CC2CCCC2)C(=O)Nc2ccc(C(=O)OCc3ccccc3)cn2)cn1. The summed E-state index contributed by atoms with van der Waals surface area (Å²) in [5.74, 6) is -0.162. The van der Waals surface area contributed by atoms with Crippen LogP contribution in [-0.4, -0.2) is 41.1 Å². The van der Waals surface area contributed by atoms with Gasteiger partial charge in [0.2, 0.25) is 5.91 Å². The Bertz CT molecular complexity index is 1270. The maximum absolute atomic E-state index is 13.2. The number of benzene rings is 1. The van der Waals surface area contributed by atoms with Crippen LogP contribution in [0.3, 0.4) is 0 Å². The van der Waals surface area contributed by atoms with Crippen molar-refractivity contribution in [1.82, 2.24) is 14.5 Å². The van der Waals surface area contributed by atoms with E-state index in [4.69, 9.17) is 4.74 Å². The number of sulfone groups is 1. The van der Waals surface area contributed by atoms with E-state index in [0.29, 0.717) is 12.3 Å². The quantitative estimate of drug-likeness (QED) is 0.447. The maximum Gasteiger partial charge on any atom is 0.340 e. The molecule has 0 aliphatic heterocycles. The number of hydrogen-bond acceptors (Lipinski definition) is 7. The van der Waals surface area contributed by atoms with Crippen LogP contribution < -0.4 is 5.32 Å². The number of pyridine rings is 1. The number of aromatic nitrogens is 3. The Labute approximate surface area is 204 Å². The number of ether oxygens (including phenoxy) is 1. The highest BCUT2D eigenvalue weighted by Gasteiger charge is 2.28. The summed E-state index contributed by atoms with van der Waals surface area (Å²) in [6, 6.07) is 11.8. The van der Waals surface area contributed by atoms with Gasteiger partial charge in [0.15, 0.2) is 14.9 Å². The van der Waals surface area contributed by atoms with Crippen molar-refractivity contribution in [2.45, 2.75) is 49.8 Å². The average molecular weight is 497 g/mol. The van der Waals surface area contributed by atoms with Gasteiger partial charge in [-0.1, -0.05) is 56.0 Å². The molecule has 2 aromatic heterocycles. The first kappa shape index (κ1) is 24.6. The monoisotopic (exact) mass is 496 g/mol. The lowest BCUT2D eigenvalue weighted by Crippen LogP contribution is -2.27. The molecule has 1 saturated carbocycles. The van der Waals surface area contributed by atoms with E-state index in [1.54, 1.807) is 16.7 Å². The van der Waals surface area contributed by atoms with E-state index < -0.39 is 21.8 Å². The molecular formula is C25H28N4O5S. The van der Waals surface area contributed by atoms with Crippen LogP contribution in [0.2, 0.25) is 0 Å². The molecule has 184 valence electrons. The number of esters is 1. The number of carbonyl (C=O) groups is 2. The maximum atomic E-state index is 13.2. The number of amides is 1. The standard InChI is InChI=1S/C25H28N4O5S/c1-35(32,33)23-15-29(17-27-23)21(13-18-7-5-6-8-18)24(30)28-22-12-11-20(14-26-22)25(31)34-16-19-9-3-2-4-10-19/h2-4,9-12,14-15,17-18,21H,5-8,13,16H2,1H3,(H,26,28,30). The topological polar surface area (TPSA) is 120 Å². The molecule has 35 heavy (non-hydrogen) atoms. The highest BCUT2D eigenvalue weighted by atomic mass is 32.2. The van der Waals surface area contributed by atoms with Crippen molar-refractivity contribution >= 4 is 27.5 Å². The number of rotatable bonds is 9. The first-order valence-electron chi connectivity index (χ1n) is 11.5. The summed E-state index contributed by atoms with van der Waals surface area (Å²) < 4.78 is 30.6. The summed E-state index contributed by atoms with van der Waals surface area (Å²) in [5, 5.41) is 2.72. The number of nitrogens with zero attached hydrogens (tertiary/aromatic N) is 3. The van der Waals surface area contributed by atoms with Gasteiger partial charge in [-0.25, -0.2) is 23.2 Å². The van der Waals surface area contributed by atoms with Crippen LogP contribution in [0.5, 0.6) is 0 Å². The average Bonchev–Trinajstić information content (AvgIpc) is 3.54. The molecule has 1 fully saturated rings. The number of carbonyl (C=O) groups excluding carboxylic acids is 2. The van der Waals surface area contributed by atoms with Crippen molar-refractivity contribution in [3.63, 3.8) is 0 Å². The Morgan fingerprint density at radius 3 is 2.49 bits per heavy atom. The molecule has 1 atom stereocenters. The van der Waals surface area contributed by atoms with E-state index in [2.05, 4.69) is 15.3 Å². The summed E-state index contributed by atoms with van der Waals surface area (Å²) in [6.45, 7) is 0.154. The van der Waals surface area contributed by atoms with Crippen LogP contribution in [0.25, 0.3) is 0 Å². The molecule has 4 rings (SSSR count). The molecule has 0 bridgehead atoms. The van der Waals surface area contributed by atoms with Gasteiger partial charge in [0.1, 0.15) is 18.5 Å². The molecule has 1 N–H and O–H groups in total. The zero-order chi connectivity index (χ0) is 24.8. The van der Waals surface area contributed by atoms with Gasteiger partial charge >= 0.3 is 5.97 Å². The summed E-state index contributed by atoms with van der Waals surface area (Å²) in [4.78, 5) is 33.7. The second kappa shape index (κ2) is 10.8. The van der Waals surface area contributed by atoms with Crippen LogP contribution in [0, 0.1) is 5.92 Å². The molecule has 1 unspecified atom stereocenters. The molecule has 9 nitrogen and oxygen atoms in total. The smallest absolute Gasteiger partial charge is 0.340 e. The third-order valence-electron chi connectivity index (χ3n) is 6.11. The van der Waals surface area contributed by atoms with Gasteiger partial charge in [0.25, 0.3) is 0 Å². The predicted octanol–water partition coefficient (Wildman–Crippen LogP) is 3.80. The van der Waals surface area contributed by atoms with Crippen molar-refractivity contribution in [2.75, 3.05) is 11.6 Å². The Balaban J connectivity index is 1.43. The summed E-state index contributed by atoms with van der Waals surface area (Å²) >= 11 is 0. The van der Waals surface area contributed by atoms with E-state index in [0.717, 1.165) is 37.5 Å². The summed E-state index contributed by atoms with van der Waals surface area (Å²) in [7, 11) is -3.48. The molecule has 10 heteroatoms.